The van der Waals surface area contributed by atoms with Gasteiger partial charge in [0.05, 0.1) is 10.9 Å². The van der Waals surface area contributed by atoms with Crippen molar-refractivity contribution in [3.63, 3.8) is 0 Å². The van der Waals surface area contributed by atoms with Crippen LogP contribution in [0.5, 0.6) is 0 Å². The Kier molecular flexibility index (Phi) is 6.07. The Balaban J connectivity index is 1.59. The van der Waals surface area contributed by atoms with Crippen LogP contribution in [-0.2, 0) is 14.8 Å². The molecule has 0 radical (unpaired) electrons. The Morgan fingerprint density at radius 1 is 1.14 bits per heavy atom. The van der Waals surface area contributed by atoms with Crippen LogP contribution in [0, 0.1) is 13.8 Å². The molecule has 2 heterocycles. The molecule has 0 aliphatic carbocycles. The normalized spacial score (nSPS) is 16.9. The van der Waals surface area contributed by atoms with Crippen molar-refractivity contribution in [1.29, 1.82) is 0 Å². The third-order valence-corrected chi connectivity index (χ3v) is 7.00. The third-order valence-electron chi connectivity index (χ3n) is 4.84. The van der Waals surface area contributed by atoms with Crippen LogP contribution in [0.25, 0.3) is 0 Å². The number of carbonyl (C=O) groups is 1. The molecule has 2 aromatic rings. The summed E-state index contributed by atoms with van der Waals surface area (Å²) in [7, 11) is -3.58. The van der Waals surface area contributed by atoms with E-state index in [1.807, 2.05) is 20.8 Å². The summed E-state index contributed by atoms with van der Waals surface area (Å²) in [6, 6.07) is 6.01. The monoisotopic (exact) mass is 425 g/mol. The maximum atomic E-state index is 12.7. The molecule has 0 spiro atoms. The number of amides is 1. The largest absolute Gasteiger partial charge is 0.340 e. The van der Waals surface area contributed by atoms with Crippen LogP contribution in [0.2, 0.25) is 5.02 Å². The summed E-state index contributed by atoms with van der Waals surface area (Å²) in [5.41, 5.74) is 0. The fraction of sp³-hybridized carbons (Fsp3) is 0.500. The number of piperazine rings is 1. The number of nitrogens with zero attached hydrogens (tertiary/aromatic N) is 5. The predicted octanol–water partition coefficient (Wildman–Crippen LogP) is 2.03. The molecule has 1 aliphatic heterocycles. The van der Waals surface area contributed by atoms with Crippen LogP contribution in [0.4, 0.5) is 0 Å². The molecule has 28 heavy (non-hydrogen) atoms. The van der Waals surface area contributed by atoms with Crippen LogP contribution in [-0.4, -0.2) is 64.5 Å². The molecule has 8 nitrogen and oxygen atoms in total. The molecule has 1 saturated heterocycles. The summed E-state index contributed by atoms with van der Waals surface area (Å²) >= 11 is 5.84. The Labute approximate surface area is 170 Å². The van der Waals surface area contributed by atoms with E-state index >= 15 is 0 Å². The summed E-state index contributed by atoms with van der Waals surface area (Å²) < 4.78 is 28.6. The van der Waals surface area contributed by atoms with Gasteiger partial charge in [0.15, 0.2) is 0 Å². The highest BCUT2D eigenvalue weighted by Gasteiger charge is 2.30. The topological polar surface area (TPSA) is 88.4 Å². The van der Waals surface area contributed by atoms with E-state index in [2.05, 4.69) is 10.1 Å². The lowest BCUT2D eigenvalue weighted by molar-refractivity contribution is -0.133. The highest BCUT2D eigenvalue weighted by atomic mass is 35.5. The van der Waals surface area contributed by atoms with Crippen molar-refractivity contribution < 1.29 is 13.2 Å². The molecule has 1 atom stereocenters. The molecule has 0 unspecified atom stereocenters. The Morgan fingerprint density at radius 2 is 1.75 bits per heavy atom. The summed E-state index contributed by atoms with van der Waals surface area (Å²) in [5, 5.41) is 4.82. The molecular formula is C18H24ClN5O3S. The van der Waals surface area contributed by atoms with Crippen molar-refractivity contribution in [2.75, 3.05) is 26.2 Å². The maximum Gasteiger partial charge on any atom is 0.243 e. The van der Waals surface area contributed by atoms with Crippen molar-refractivity contribution in [2.45, 2.75) is 38.1 Å². The first-order chi connectivity index (χ1) is 13.2. The number of sulfonamides is 1. The molecule has 0 bridgehead atoms. The summed E-state index contributed by atoms with van der Waals surface area (Å²) in [6.07, 6.45) is 0.299. The zero-order valence-electron chi connectivity index (χ0n) is 16.2. The highest BCUT2D eigenvalue weighted by Crippen LogP contribution is 2.21. The van der Waals surface area contributed by atoms with Gasteiger partial charge in [-0.15, -0.1) is 0 Å². The van der Waals surface area contributed by atoms with Gasteiger partial charge in [-0.2, -0.15) is 9.40 Å². The van der Waals surface area contributed by atoms with Gasteiger partial charge < -0.3 is 4.90 Å². The molecule has 1 aliphatic rings. The van der Waals surface area contributed by atoms with Crippen molar-refractivity contribution in [3.05, 3.63) is 40.9 Å². The molecule has 1 aromatic carbocycles. The summed E-state index contributed by atoms with van der Waals surface area (Å²) in [6.45, 7) is 6.89. The van der Waals surface area contributed by atoms with E-state index in [4.69, 9.17) is 11.6 Å². The van der Waals surface area contributed by atoms with Crippen molar-refractivity contribution in [3.8, 4) is 0 Å². The van der Waals surface area contributed by atoms with Crippen LogP contribution in [0.1, 0.15) is 31.0 Å². The fourth-order valence-corrected chi connectivity index (χ4v) is 4.90. The molecule has 1 aromatic heterocycles. The van der Waals surface area contributed by atoms with Gasteiger partial charge in [-0.25, -0.2) is 18.1 Å². The first-order valence-corrected chi connectivity index (χ1v) is 10.9. The van der Waals surface area contributed by atoms with E-state index < -0.39 is 10.0 Å². The van der Waals surface area contributed by atoms with Crippen LogP contribution < -0.4 is 0 Å². The average molecular weight is 426 g/mol. The van der Waals surface area contributed by atoms with Gasteiger partial charge in [0.2, 0.25) is 15.9 Å². The lowest BCUT2D eigenvalue weighted by Crippen LogP contribution is -2.50. The fourth-order valence-electron chi connectivity index (χ4n) is 3.36. The first-order valence-electron chi connectivity index (χ1n) is 9.11. The van der Waals surface area contributed by atoms with Gasteiger partial charge in [-0.05, 0) is 45.0 Å². The average Bonchev–Trinajstić information content (AvgIpc) is 3.00. The Bertz CT molecular complexity index is 950. The summed E-state index contributed by atoms with van der Waals surface area (Å²) in [5.74, 6) is 1.44. The van der Waals surface area contributed by atoms with Gasteiger partial charge in [-0.3, -0.25) is 4.79 Å². The maximum absolute atomic E-state index is 12.7. The number of hydrogen-bond donors (Lipinski definition) is 0. The van der Waals surface area contributed by atoms with Gasteiger partial charge in [0.1, 0.15) is 11.6 Å². The van der Waals surface area contributed by atoms with E-state index in [9.17, 15) is 13.2 Å². The van der Waals surface area contributed by atoms with E-state index in [0.717, 1.165) is 5.82 Å². The van der Waals surface area contributed by atoms with Crippen molar-refractivity contribution in [1.82, 2.24) is 24.0 Å². The number of halogens is 1. The number of hydrogen-bond acceptors (Lipinski definition) is 5. The minimum Gasteiger partial charge on any atom is -0.340 e. The van der Waals surface area contributed by atoms with Crippen LogP contribution in [0.15, 0.2) is 29.2 Å². The minimum atomic E-state index is -3.58. The zero-order chi connectivity index (χ0) is 20.5. The highest BCUT2D eigenvalue weighted by molar-refractivity contribution is 7.89. The second kappa shape index (κ2) is 8.18. The SMILES string of the molecule is Cc1nc(C)n([C@@H](C)CC(=O)N2CCN(S(=O)(=O)c3ccc(Cl)cc3)CC2)n1. The molecule has 0 N–H and O–H groups in total. The van der Waals surface area contributed by atoms with E-state index in [-0.39, 0.29) is 29.9 Å². The molecule has 1 fully saturated rings. The number of aryl methyl sites for hydroxylation is 2. The molecule has 10 heteroatoms. The smallest absolute Gasteiger partial charge is 0.243 e. The van der Waals surface area contributed by atoms with Gasteiger partial charge in [0.25, 0.3) is 0 Å². The predicted molar refractivity (Wildman–Crippen MR) is 106 cm³/mol. The quantitative estimate of drug-likeness (QED) is 0.731. The third kappa shape index (κ3) is 4.37. The van der Waals surface area contributed by atoms with Crippen molar-refractivity contribution in [2.24, 2.45) is 0 Å². The van der Waals surface area contributed by atoms with Gasteiger partial charge >= 0.3 is 0 Å². The standard InChI is InChI=1S/C18H24ClN5O3S/c1-13(24-15(3)20-14(2)21-24)12-18(25)22-8-10-23(11-9-22)28(26,27)17-6-4-16(19)5-7-17/h4-7,13H,8-12H2,1-3H3/t13-/m0/s1. The number of carbonyl (C=O) groups excluding carboxylic acids is 1. The molecule has 1 amide bonds. The molecule has 3 rings (SSSR count). The Morgan fingerprint density at radius 3 is 2.29 bits per heavy atom. The van der Waals surface area contributed by atoms with Gasteiger partial charge in [0, 0.05) is 37.6 Å². The second-order valence-electron chi connectivity index (χ2n) is 6.94. The van der Waals surface area contributed by atoms with Crippen molar-refractivity contribution >= 4 is 27.5 Å². The lowest BCUT2D eigenvalue weighted by Gasteiger charge is -2.34. The van der Waals surface area contributed by atoms with E-state index in [1.54, 1.807) is 21.7 Å². The summed E-state index contributed by atoms with van der Waals surface area (Å²) in [4.78, 5) is 18.8. The van der Waals surface area contributed by atoms with Crippen LogP contribution >= 0.6 is 11.6 Å². The number of aromatic nitrogens is 3. The minimum absolute atomic E-state index is 0.0106. The molecule has 152 valence electrons. The van der Waals surface area contributed by atoms with E-state index in [0.29, 0.717) is 30.4 Å². The lowest BCUT2D eigenvalue weighted by atomic mass is 10.2. The molecular weight excluding hydrogens is 402 g/mol. The number of benzene rings is 1. The van der Waals surface area contributed by atoms with E-state index in [1.165, 1.54) is 16.4 Å². The first kappa shape index (κ1) is 20.8. The zero-order valence-corrected chi connectivity index (χ0v) is 17.7. The number of rotatable bonds is 5. The van der Waals surface area contributed by atoms with Gasteiger partial charge in [-0.1, -0.05) is 11.6 Å². The second-order valence-corrected chi connectivity index (χ2v) is 9.32. The molecule has 0 saturated carbocycles. The van der Waals surface area contributed by atoms with Crippen LogP contribution in [0.3, 0.4) is 0 Å². The Hall–Kier alpha value is -1.97.